The zero-order valence-corrected chi connectivity index (χ0v) is 4.77. The summed E-state index contributed by atoms with van der Waals surface area (Å²) in [5.74, 6) is 0. The summed E-state index contributed by atoms with van der Waals surface area (Å²) in [7, 11) is 0. The number of hydrogen-bond donors (Lipinski definition) is 1. The van der Waals surface area contributed by atoms with Gasteiger partial charge in [0.05, 0.1) is 10.7 Å². The van der Waals surface area contributed by atoms with Gasteiger partial charge in [-0.3, -0.25) is 4.79 Å². The average Bonchev–Trinajstić information content (AvgIpc) is 2.14. The normalized spacial score (nSPS) is 9.12. The maximum absolute atomic E-state index is 9.97. The molecule has 0 amide bonds. The third kappa shape index (κ3) is 0.746. The third-order valence-electron chi connectivity index (χ3n) is 0.844. The molecule has 0 aromatic carbocycles. The molecule has 0 aliphatic heterocycles. The minimum atomic E-state index is 0.437. The first-order chi connectivity index (χ1) is 3.84. The van der Waals surface area contributed by atoms with Gasteiger partial charge in [0.1, 0.15) is 0 Å². The van der Waals surface area contributed by atoms with E-state index in [0.29, 0.717) is 17.0 Å². The number of carbonyl (C=O) groups is 1. The van der Waals surface area contributed by atoms with Crippen LogP contribution in [0.25, 0.3) is 0 Å². The fourth-order valence-corrected chi connectivity index (χ4v) is 0.616. The van der Waals surface area contributed by atoms with Gasteiger partial charge in [0.15, 0.2) is 6.29 Å². The summed E-state index contributed by atoms with van der Waals surface area (Å²) in [4.78, 5) is 12.6. The average molecular weight is 130 g/mol. The summed E-state index contributed by atoms with van der Waals surface area (Å²) in [6.45, 7) is 0. The molecule has 0 saturated carbocycles. The van der Waals surface area contributed by atoms with E-state index in [1.807, 2.05) is 0 Å². The van der Waals surface area contributed by atoms with Crippen LogP contribution in [0.4, 0.5) is 0 Å². The van der Waals surface area contributed by atoms with E-state index < -0.39 is 0 Å². The van der Waals surface area contributed by atoms with E-state index in [1.54, 1.807) is 12.3 Å². The quantitative estimate of drug-likeness (QED) is 0.573. The molecule has 0 spiro atoms. The van der Waals surface area contributed by atoms with Gasteiger partial charge in [-0.2, -0.15) is 0 Å². The fourth-order valence-electron chi connectivity index (χ4n) is 0.454. The summed E-state index contributed by atoms with van der Waals surface area (Å²) in [6.07, 6.45) is 2.30. The first-order valence-electron chi connectivity index (χ1n) is 2.12. The predicted molar refractivity (Wildman–Crippen MR) is 31.2 cm³/mol. The van der Waals surface area contributed by atoms with Crippen LogP contribution in [0.2, 0.25) is 5.02 Å². The number of hydrogen-bond acceptors (Lipinski definition) is 1. The highest BCUT2D eigenvalue weighted by molar-refractivity contribution is 6.32. The SMILES string of the molecule is O=Cc1[nH]ccc1Cl. The van der Waals surface area contributed by atoms with Crippen molar-refractivity contribution in [3.63, 3.8) is 0 Å². The van der Waals surface area contributed by atoms with Crippen molar-refractivity contribution in [3.05, 3.63) is 23.0 Å². The molecule has 1 rings (SSSR count). The van der Waals surface area contributed by atoms with Crippen LogP contribution in [0.1, 0.15) is 10.5 Å². The van der Waals surface area contributed by atoms with Gasteiger partial charge in [-0.15, -0.1) is 0 Å². The first-order valence-corrected chi connectivity index (χ1v) is 2.50. The highest BCUT2D eigenvalue weighted by atomic mass is 35.5. The van der Waals surface area contributed by atoms with E-state index in [2.05, 4.69) is 4.98 Å². The molecular formula is C5H4ClNO. The molecule has 0 atom stereocenters. The van der Waals surface area contributed by atoms with Crippen molar-refractivity contribution in [1.82, 2.24) is 4.98 Å². The summed E-state index contributed by atoms with van der Waals surface area (Å²) in [6, 6.07) is 1.63. The summed E-state index contributed by atoms with van der Waals surface area (Å²) in [5.41, 5.74) is 0.437. The van der Waals surface area contributed by atoms with Gasteiger partial charge in [0.25, 0.3) is 0 Å². The lowest BCUT2D eigenvalue weighted by atomic mass is 10.5. The second kappa shape index (κ2) is 2.01. The number of nitrogens with one attached hydrogen (secondary N) is 1. The molecule has 42 valence electrons. The van der Waals surface area contributed by atoms with Gasteiger partial charge in [-0.1, -0.05) is 11.6 Å². The zero-order chi connectivity index (χ0) is 5.98. The highest BCUT2D eigenvalue weighted by Gasteiger charge is 1.94. The monoisotopic (exact) mass is 129 g/mol. The van der Waals surface area contributed by atoms with Crippen LogP contribution in [-0.4, -0.2) is 11.3 Å². The molecule has 1 heterocycles. The Hall–Kier alpha value is -0.760. The maximum atomic E-state index is 9.97. The molecule has 0 aliphatic carbocycles. The van der Waals surface area contributed by atoms with Crippen molar-refractivity contribution in [2.75, 3.05) is 0 Å². The van der Waals surface area contributed by atoms with E-state index >= 15 is 0 Å². The van der Waals surface area contributed by atoms with E-state index in [9.17, 15) is 4.79 Å². The first kappa shape index (κ1) is 5.38. The van der Waals surface area contributed by atoms with E-state index in [1.165, 1.54) is 0 Å². The van der Waals surface area contributed by atoms with Crippen molar-refractivity contribution in [2.24, 2.45) is 0 Å². The Bertz CT molecular complexity index is 194. The van der Waals surface area contributed by atoms with Crippen molar-refractivity contribution in [2.45, 2.75) is 0 Å². The molecule has 0 aliphatic rings. The molecule has 1 N–H and O–H groups in total. The number of H-pyrrole nitrogens is 1. The number of halogens is 1. The smallest absolute Gasteiger partial charge is 0.167 e. The molecule has 2 nitrogen and oxygen atoms in total. The Morgan fingerprint density at radius 2 is 2.50 bits per heavy atom. The summed E-state index contributed by atoms with van der Waals surface area (Å²) in [5, 5.41) is 0.472. The zero-order valence-electron chi connectivity index (χ0n) is 4.02. The van der Waals surface area contributed by atoms with E-state index in [-0.39, 0.29) is 0 Å². The van der Waals surface area contributed by atoms with Gasteiger partial charge in [0.2, 0.25) is 0 Å². The number of carbonyl (C=O) groups excluding carboxylic acids is 1. The maximum Gasteiger partial charge on any atom is 0.167 e. The van der Waals surface area contributed by atoms with Crippen molar-refractivity contribution < 1.29 is 4.79 Å². The van der Waals surface area contributed by atoms with Gasteiger partial charge >= 0.3 is 0 Å². The summed E-state index contributed by atoms with van der Waals surface area (Å²) < 4.78 is 0. The van der Waals surface area contributed by atoms with Crippen molar-refractivity contribution in [3.8, 4) is 0 Å². The number of aldehydes is 1. The highest BCUT2D eigenvalue weighted by Crippen LogP contribution is 2.09. The second-order valence-corrected chi connectivity index (χ2v) is 1.76. The number of aromatic amines is 1. The van der Waals surface area contributed by atoms with Crippen LogP contribution in [-0.2, 0) is 0 Å². The Morgan fingerprint density at radius 1 is 1.75 bits per heavy atom. The third-order valence-corrected chi connectivity index (χ3v) is 1.17. The van der Waals surface area contributed by atoms with E-state index in [0.717, 1.165) is 0 Å². The number of aromatic nitrogens is 1. The lowest BCUT2D eigenvalue weighted by Gasteiger charge is -1.77. The van der Waals surface area contributed by atoms with Crippen LogP contribution in [0, 0.1) is 0 Å². The lowest BCUT2D eigenvalue weighted by Crippen LogP contribution is -1.75. The van der Waals surface area contributed by atoms with Crippen LogP contribution < -0.4 is 0 Å². The molecular weight excluding hydrogens is 126 g/mol. The van der Waals surface area contributed by atoms with E-state index in [4.69, 9.17) is 11.6 Å². The molecule has 1 aromatic heterocycles. The van der Waals surface area contributed by atoms with Crippen molar-refractivity contribution in [1.29, 1.82) is 0 Å². The van der Waals surface area contributed by atoms with Gasteiger partial charge in [-0.25, -0.2) is 0 Å². The molecule has 3 heteroatoms. The van der Waals surface area contributed by atoms with Gasteiger partial charge in [0, 0.05) is 6.20 Å². The molecule has 8 heavy (non-hydrogen) atoms. The van der Waals surface area contributed by atoms with Crippen LogP contribution in [0.5, 0.6) is 0 Å². The fraction of sp³-hybridized carbons (Fsp3) is 0. The predicted octanol–water partition coefficient (Wildman–Crippen LogP) is 1.48. The molecule has 0 unspecified atom stereocenters. The topological polar surface area (TPSA) is 32.9 Å². The van der Waals surface area contributed by atoms with Crippen LogP contribution in [0.3, 0.4) is 0 Å². The Balaban J connectivity index is 3.09. The van der Waals surface area contributed by atoms with Crippen LogP contribution >= 0.6 is 11.6 Å². The number of rotatable bonds is 1. The second-order valence-electron chi connectivity index (χ2n) is 1.36. The Kier molecular flexibility index (Phi) is 1.35. The van der Waals surface area contributed by atoms with Gasteiger partial charge < -0.3 is 4.98 Å². The summed E-state index contributed by atoms with van der Waals surface area (Å²) >= 11 is 5.48. The molecule has 0 radical (unpaired) electrons. The molecule has 0 saturated heterocycles. The standard InChI is InChI=1S/C5H4ClNO/c6-4-1-2-7-5(4)3-8/h1-3,7H. The van der Waals surface area contributed by atoms with Crippen LogP contribution in [0.15, 0.2) is 12.3 Å². The Labute approximate surface area is 51.5 Å². The minimum absolute atomic E-state index is 0.437. The molecule has 0 bridgehead atoms. The lowest BCUT2D eigenvalue weighted by molar-refractivity contribution is 0.112. The van der Waals surface area contributed by atoms with Gasteiger partial charge in [-0.05, 0) is 6.07 Å². The minimum Gasteiger partial charge on any atom is -0.358 e. The largest absolute Gasteiger partial charge is 0.358 e. The molecule has 0 fully saturated rings. The van der Waals surface area contributed by atoms with Crippen molar-refractivity contribution >= 4 is 17.9 Å². The Morgan fingerprint density at radius 3 is 2.75 bits per heavy atom. The molecule has 1 aromatic rings.